The molecule has 0 amide bonds. The van der Waals surface area contributed by atoms with Crippen LogP contribution in [0.3, 0.4) is 0 Å². The molecule has 2 rings (SSSR count). The Bertz CT molecular complexity index is 631. The third-order valence-corrected chi connectivity index (χ3v) is 3.29. The maximum atomic E-state index is 12.9. The average molecular weight is 389 g/mol. The Morgan fingerprint density at radius 3 is 2.40 bits per heavy atom. The number of aryl methyl sites for hydroxylation is 1. The molecule has 0 aliphatic carbocycles. The Morgan fingerprint density at radius 1 is 1.15 bits per heavy atom. The fourth-order valence-corrected chi connectivity index (χ4v) is 2.35. The fourth-order valence-electron chi connectivity index (χ4n) is 1.57. The molecule has 0 atom stereocenters. The Kier molecular flexibility index (Phi) is 4.53. The van der Waals surface area contributed by atoms with Crippen LogP contribution in [0.4, 0.5) is 8.78 Å². The highest BCUT2D eigenvalue weighted by atomic mass is 127. The van der Waals surface area contributed by atoms with E-state index in [2.05, 4.69) is 5.16 Å². The van der Waals surface area contributed by atoms with Gasteiger partial charge < -0.3 is 9.94 Å². The van der Waals surface area contributed by atoms with Crippen molar-refractivity contribution in [1.82, 2.24) is 0 Å². The van der Waals surface area contributed by atoms with E-state index in [0.29, 0.717) is 14.7 Å². The summed E-state index contributed by atoms with van der Waals surface area (Å²) < 4.78 is 26.5. The molecule has 0 aliphatic heterocycles. The first-order chi connectivity index (χ1) is 9.45. The molecule has 0 unspecified atom stereocenters. The van der Waals surface area contributed by atoms with Crippen LogP contribution in [0.25, 0.3) is 0 Å². The number of aromatic hydroxyl groups is 1. The van der Waals surface area contributed by atoms with Crippen LogP contribution < -0.4 is 4.84 Å². The van der Waals surface area contributed by atoms with E-state index in [0.717, 1.165) is 18.2 Å². The molecule has 0 aromatic heterocycles. The largest absolute Gasteiger partial charge is 0.507 e. The molecule has 0 aliphatic rings. The van der Waals surface area contributed by atoms with Crippen molar-refractivity contribution in [1.29, 1.82) is 0 Å². The molecule has 0 spiro atoms. The van der Waals surface area contributed by atoms with Gasteiger partial charge in [-0.1, -0.05) is 5.16 Å². The molecule has 0 radical (unpaired) electrons. The third kappa shape index (κ3) is 3.66. The third-order valence-electron chi connectivity index (χ3n) is 2.47. The van der Waals surface area contributed by atoms with Crippen LogP contribution in [0, 0.1) is 22.1 Å². The second-order valence-corrected chi connectivity index (χ2v) is 5.26. The van der Waals surface area contributed by atoms with Crippen molar-refractivity contribution in [3.8, 4) is 11.5 Å². The van der Waals surface area contributed by atoms with Crippen molar-refractivity contribution in [3.05, 3.63) is 56.7 Å². The topological polar surface area (TPSA) is 41.8 Å². The van der Waals surface area contributed by atoms with Gasteiger partial charge >= 0.3 is 0 Å². The summed E-state index contributed by atoms with van der Waals surface area (Å²) in [4.78, 5) is 4.91. The van der Waals surface area contributed by atoms with E-state index in [9.17, 15) is 13.9 Å². The standard InChI is InChI=1S/C14H10F2INO2/c1-8-2-9(3-13(17)14(8)19)7-18-20-12-5-10(15)4-11(16)6-12/h2-7,19H,1H3/b18-7+. The summed E-state index contributed by atoms with van der Waals surface area (Å²) in [6.45, 7) is 1.76. The molecule has 0 bridgehead atoms. The van der Waals surface area contributed by atoms with Crippen LogP contribution in [0.5, 0.6) is 11.5 Å². The zero-order valence-electron chi connectivity index (χ0n) is 10.4. The van der Waals surface area contributed by atoms with Gasteiger partial charge in [-0.25, -0.2) is 8.78 Å². The quantitative estimate of drug-likeness (QED) is 0.490. The second kappa shape index (κ2) is 6.17. The Balaban J connectivity index is 2.14. The molecule has 1 N–H and O–H groups in total. The summed E-state index contributed by atoms with van der Waals surface area (Å²) >= 11 is 2.00. The average Bonchev–Trinajstić information content (AvgIpc) is 2.34. The van der Waals surface area contributed by atoms with Crippen LogP contribution in [-0.4, -0.2) is 11.3 Å². The van der Waals surface area contributed by atoms with Gasteiger partial charge in [0.15, 0.2) is 5.75 Å². The molecule has 3 nitrogen and oxygen atoms in total. The van der Waals surface area contributed by atoms with Crippen LogP contribution in [0.1, 0.15) is 11.1 Å². The van der Waals surface area contributed by atoms with Crippen LogP contribution >= 0.6 is 22.6 Å². The number of rotatable bonds is 3. The Morgan fingerprint density at radius 2 is 1.80 bits per heavy atom. The highest BCUT2D eigenvalue weighted by Crippen LogP contribution is 2.24. The van der Waals surface area contributed by atoms with E-state index in [1.165, 1.54) is 6.21 Å². The summed E-state index contributed by atoms with van der Waals surface area (Å²) in [5.41, 5.74) is 1.41. The van der Waals surface area contributed by atoms with E-state index < -0.39 is 11.6 Å². The Hall–Kier alpha value is -1.70. The first-order valence-corrected chi connectivity index (χ1v) is 6.69. The molecule has 2 aromatic carbocycles. The van der Waals surface area contributed by atoms with Gasteiger partial charge in [-0.05, 0) is 52.8 Å². The molecular weight excluding hydrogens is 379 g/mol. The SMILES string of the molecule is Cc1cc(/C=N/Oc2cc(F)cc(F)c2)cc(I)c1O. The molecule has 2 aromatic rings. The fraction of sp³-hybridized carbons (Fsp3) is 0.0714. The minimum atomic E-state index is -0.731. The van der Waals surface area contributed by atoms with Crippen LogP contribution in [0.2, 0.25) is 0 Å². The van der Waals surface area contributed by atoms with Crippen molar-refractivity contribution in [2.45, 2.75) is 6.92 Å². The van der Waals surface area contributed by atoms with Crippen molar-refractivity contribution < 1.29 is 18.7 Å². The molecule has 6 heteroatoms. The van der Waals surface area contributed by atoms with E-state index >= 15 is 0 Å². The first-order valence-electron chi connectivity index (χ1n) is 5.61. The van der Waals surface area contributed by atoms with E-state index in [4.69, 9.17) is 4.84 Å². The maximum Gasteiger partial charge on any atom is 0.163 e. The van der Waals surface area contributed by atoms with Gasteiger partial charge in [0, 0.05) is 18.2 Å². The number of hydrogen-bond acceptors (Lipinski definition) is 3. The second-order valence-electron chi connectivity index (χ2n) is 4.10. The highest BCUT2D eigenvalue weighted by molar-refractivity contribution is 14.1. The van der Waals surface area contributed by atoms with Gasteiger partial charge in [-0.15, -0.1) is 0 Å². The normalized spacial score (nSPS) is 11.0. The molecule has 0 fully saturated rings. The summed E-state index contributed by atoms with van der Waals surface area (Å²) in [7, 11) is 0. The Labute approximate surface area is 128 Å². The van der Waals surface area contributed by atoms with Crippen LogP contribution in [-0.2, 0) is 0 Å². The lowest BCUT2D eigenvalue weighted by Crippen LogP contribution is -1.91. The van der Waals surface area contributed by atoms with Gasteiger partial charge in [-0.3, -0.25) is 0 Å². The number of oxime groups is 1. The zero-order valence-corrected chi connectivity index (χ0v) is 12.6. The number of halogens is 3. The minimum Gasteiger partial charge on any atom is -0.507 e. The molecule has 0 saturated carbocycles. The van der Waals surface area contributed by atoms with E-state index in [1.54, 1.807) is 19.1 Å². The van der Waals surface area contributed by atoms with Gasteiger partial charge in [0.2, 0.25) is 0 Å². The monoisotopic (exact) mass is 389 g/mol. The minimum absolute atomic E-state index is 0.0241. The van der Waals surface area contributed by atoms with Crippen molar-refractivity contribution in [3.63, 3.8) is 0 Å². The molecule has 0 heterocycles. The predicted molar refractivity (Wildman–Crippen MR) is 80.1 cm³/mol. The highest BCUT2D eigenvalue weighted by Gasteiger charge is 2.04. The lowest BCUT2D eigenvalue weighted by Gasteiger charge is -2.03. The molecular formula is C14H10F2INO2. The summed E-state index contributed by atoms with van der Waals surface area (Å²) in [5, 5.41) is 13.3. The number of hydrogen-bond donors (Lipinski definition) is 1. The van der Waals surface area contributed by atoms with Gasteiger partial charge in [-0.2, -0.15) is 0 Å². The number of benzene rings is 2. The number of nitrogens with zero attached hydrogens (tertiary/aromatic N) is 1. The van der Waals surface area contributed by atoms with Crippen LogP contribution in [0.15, 0.2) is 35.5 Å². The summed E-state index contributed by atoms with van der Waals surface area (Å²) in [6.07, 6.45) is 1.40. The van der Waals surface area contributed by atoms with Crippen molar-refractivity contribution in [2.75, 3.05) is 0 Å². The van der Waals surface area contributed by atoms with Gasteiger partial charge in [0.25, 0.3) is 0 Å². The summed E-state index contributed by atoms with van der Waals surface area (Å²) in [5.74, 6) is -1.27. The molecule has 20 heavy (non-hydrogen) atoms. The zero-order chi connectivity index (χ0) is 14.7. The number of phenols is 1. The van der Waals surface area contributed by atoms with Crippen molar-refractivity contribution in [2.24, 2.45) is 5.16 Å². The lowest BCUT2D eigenvalue weighted by molar-refractivity contribution is 0.339. The summed E-state index contributed by atoms with van der Waals surface area (Å²) in [6, 6.07) is 6.25. The number of phenolic OH excluding ortho intramolecular Hbond substituents is 1. The van der Waals surface area contributed by atoms with Gasteiger partial charge in [0.05, 0.1) is 9.78 Å². The smallest absolute Gasteiger partial charge is 0.163 e. The van der Waals surface area contributed by atoms with E-state index in [-0.39, 0.29) is 11.5 Å². The van der Waals surface area contributed by atoms with Gasteiger partial charge in [0.1, 0.15) is 17.4 Å². The van der Waals surface area contributed by atoms with E-state index in [1.807, 2.05) is 22.6 Å². The predicted octanol–water partition coefficient (Wildman–Crippen LogP) is 4.00. The first kappa shape index (κ1) is 14.7. The molecule has 104 valence electrons. The lowest BCUT2D eigenvalue weighted by atomic mass is 10.1. The maximum absolute atomic E-state index is 12.9. The van der Waals surface area contributed by atoms with Crippen molar-refractivity contribution >= 4 is 28.8 Å². The molecule has 0 saturated heterocycles.